The molecule has 5 heteroatoms. The van der Waals surface area contributed by atoms with E-state index < -0.39 is 12.3 Å². The van der Waals surface area contributed by atoms with E-state index in [9.17, 15) is 8.78 Å². The van der Waals surface area contributed by atoms with Crippen LogP contribution in [0.1, 0.15) is 11.5 Å². The standard InChI is InChI=1S/C9H9Cl2F2N/c10-7-3-1-2-5(8(7)11)6(4-14)9(12)13/h1-3,6,9H,4,14H2. The Morgan fingerprint density at radius 1 is 1.29 bits per heavy atom. The average Bonchev–Trinajstić information content (AvgIpc) is 2.13. The molecule has 0 radical (unpaired) electrons. The predicted molar refractivity (Wildman–Crippen MR) is 54.3 cm³/mol. The van der Waals surface area contributed by atoms with E-state index in [2.05, 4.69) is 0 Å². The van der Waals surface area contributed by atoms with Gasteiger partial charge in [0, 0.05) is 6.54 Å². The van der Waals surface area contributed by atoms with Gasteiger partial charge in [-0.25, -0.2) is 8.78 Å². The third-order valence-electron chi connectivity index (χ3n) is 1.94. The molecular formula is C9H9Cl2F2N. The van der Waals surface area contributed by atoms with Crippen LogP contribution < -0.4 is 5.73 Å². The number of nitrogens with two attached hydrogens (primary N) is 1. The Bertz CT molecular complexity index is 318. The monoisotopic (exact) mass is 239 g/mol. The lowest BCUT2D eigenvalue weighted by atomic mass is 10.00. The number of benzene rings is 1. The van der Waals surface area contributed by atoms with E-state index in [4.69, 9.17) is 28.9 Å². The molecule has 0 heterocycles. The Morgan fingerprint density at radius 3 is 2.43 bits per heavy atom. The summed E-state index contributed by atoms with van der Waals surface area (Å²) >= 11 is 11.5. The summed E-state index contributed by atoms with van der Waals surface area (Å²) in [6.45, 7) is -0.155. The minimum Gasteiger partial charge on any atom is -0.330 e. The van der Waals surface area contributed by atoms with Crippen LogP contribution in [0.4, 0.5) is 8.78 Å². The zero-order valence-electron chi connectivity index (χ0n) is 7.18. The minimum absolute atomic E-state index is 0.155. The first-order valence-electron chi connectivity index (χ1n) is 4.00. The molecule has 1 nitrogen and oxygen atoms in total. The lowest BCUT2D eigenvalue weighted by Gasteiger charge is -2.15. The van der Waals surface area contributed by atoms with Gasteiger partial charge in [-0.3, -0.25) is 0 Å². The van der Waals surface area contributed by atoms with Gasteiger partial charge < -0.3 is 5.73 Å². The number of alkyl halides is 2. The largest absolute Gasteiger partial charge is 0.330 e. The fourth-order valence-electron chi connectivity index (χ4n) is 1.17. The maximum atomic E-state index is 12.5. The molecule has 0 aliphatic carbocycles. The first-order valence-corrected chi connectivity index (χ1v) is 4.75. The molecule has 0 aromatic heterocycles. The van der Waals surface area contributed by atoms with E-state index in [1.165, 1.54) is 6.07 Å². The molecule has 2 N–H and O–H groups in total. The topological polar surface area (TPSA) is 26.0 Å². The van der Waals surface area contributed by atoms with E-state index in [0.717, 1.165) is 0 Å². The Hall–Kier alpha value is -0.380. The SMILES string of the molecule is NCC(c1cccc(Cl)c1Cl)C(F)F. The maximum Gasteiger partial charge on any atom is 0.246 e. The van der Waals surface area contributed by atoms with Gasteiger partial charge in [0.2, 0.25) is 6.43 Å². The molecule has 0 bridgehead atoms. The highest BCUT2D eigenvalue weighted by Crippen LogP contribution is 2.33. The Labute approximate surface area is 90.8 Å². The predicted octanol–water partition coefficient (Wildman–Crippen LogP) is 3.30. The highest BCUT2D eigenvalue weighted by molar-refractivity contribution is 6.42. The molecule has 0 amide bonds. The molecule has 14 heavy (non-hydrogen) atoms. The second kappa shape index (κ2) is 4.91. The number of halogens is 4. The normalized spacial score (nSPS) is 13.3. The smallest absolute Gasteiger partial charge is 0.246 e. The lowest BCUT2D eigenvalue weighted by molar-refractivity contribution is 0.117. The van der Waals surface area contributed by atoms with Gasteiger partial charge in [0.1, 0.15) is 0 Å². The minimum atomic E-state index is -2.53. The molecule has 1 aromatic carbocycles. The maximum absolute atomic E-state index is 12.5. The van der Waals surface area contributed by atoms with E-state index in [1.807, 2.05) is 0 Å². The summed E-state index contributed by atoms with van der Waals surface area (Å²) in [6.07, 6.45) is -2.53. The van der Waals surface area contributed by atoms with Gasteiger partial charge in [0.05, 0.1) is 16.0 Å². The van der Waals surface area contributed by atoms with E-state index in [1.54, 1.807) is 12.1 Å². The van der Waals surface area contributed by atoms with Crippen LogP contribution in [0.5, 0.6) is 0 Å². The summed E-state index contributed by atoms with van der Waals surface area (Å²) in [5, 5.41) is 0.424. The Kier molecular flexibility index (Phi) is 4.11. The second-order valence-corrected chi connectivity index (χ2v) is 3.60. The van der Waals surface area contributed by atoms with Gasteiger partial charge in [-0.2, -0.15) is 0 Å². The van der Waals surface area contributed by atoms with Crippen molar-refractivity contribution >= 4 is 23.2 Å². The van der Waals surface area contributed by atoms with E-state index >= 15 is 0 Å². The molecule has 78 valence electrons. The molecule has 0 saturated heterocycles. The quantitative estimate of drug-likeness (QED) is 0.861. The third kappa shape index (κ3) is 2.35. The van der Waals surface area contributed by atoms with Crippen LogP contribution in [0.25, 0.3) is 0 Å². The molecule has 0 fully saturated rings. The summed E-state index contributed by atoms with van der Waals surface area (Å²) in [5.74, 6) is -1.05. The van der Waals surface area contributed by atoms with E-state index in [-0.39, 0.29) is 16.6 Å². The van der Waals surface area contributed by atoms with Crippen molar-refractivity contribution in [3.05, 3.63) is 33.8 Å². The van der Waals surface area contributed by atoms with Crippen LogP contribution in [0.2, 0.25) is 10.0 Å². The fraction of sp³-hybridized carbons (Fsp3) is 0.333. The van der Waals surface area contributed by atoms with Crippen molar-refractivity contribution < 1.29 is 8.78 Å². The van der Waals surface area contributed by atoms with Crippen LogP contribution >= 0.6 is 23.2 Å². The second-order valence-electron chi connectivity index (χ2n) is 2.82. The fourth-order valence-corrected chi connectivity index (χ4v) is 1.62. The van der Waals surface area contributed by atoms with Gasteiger partial charge in [-0.15, -0.1) is 0 Å². The highest BCUT2D eigenvalue weighted by Gasteiger charge is 2.23. The third-order valence-corrected chi connectivity index (χ3v) is 2.77. The first kappa shape index (κ1) is 11.7. The van der Waals surface area contributed by atoms with Crippen molar-refractivity contribution in [2.75, 3.05) is 6.54 Å². The average molecular weight is 240 g/mol. The van der Waals surface area contributed by atoms with Crippen LogP contribution in [0, 0.1) is 0 Å². The Balaban J connectivity index is 3.10. The molecule has 0 spiro atoms. The van der Waals surface area contributed by atoms with Crippen molar-refractivity contribution in [2.45, 2.75) is 12.3 Å². The van der Waals surface area contributed by atoms with Crippen molar-refractivity contribution in [3.63, 3.8) is 0 Å². The van der Waals surface area contributed by atoms with Gasteiger partial charge >= 0.3 is 0 Å². The zero-order valence-corrected chi connectivity index (χ0v) is 8.69. The molecule has 1 aromatic rings. The number of rotatable bonds is 3. The number of hydrogen-bond donors (Lipinski definition) is 1. The van der Waals surface area contributed by atoms with Gasteiger partial charge in [0.25, 0.3) is 0 Å². The van der Waals surface area contributed by atoms with Crippen LogP contribution in [0.3, 0.4) is 0 Å². The van der Waals surface area contributed by atoms with Gasteiger partial charge in [-0.1, -0.05) is 35.3 Å². The molecular weight excluding hydrogens is 231 g/mol. The Morgan fingerprint density at radius 2 is 1.93 bits per heavy atom. The summed E-state index contributed by atoms with van der Waals surface area (Å²) in [5.41, 5.74) is 5.55. The highest BCUT2D eigenvalue weighted by atomic mass is 35.5. The van der Waals surface area contributed by atoms with Crippen LogP contribution in [0.15, 0.2) is 18.2 Å². The summed E-state index contributed by atoms with van der Waals surface area (Å²) in [4.78, 5) is 0. The first-order chi connectivity index (χ1) is 6.57. The van der Waals surface area contributed by atoms with Crippen LogP contribution in [-0.4, -0.2) is 13.0 Å². The molecule has 1 atom stereocenters. The molecule has 0 aliphatic rings. The van der Waals surface area contributed by atoms with Gasteiger partial charge in [-0.05, 0) is 11.6 Å². The summed E-state index contributed by atoms with van der Waals surface area (Å²) < 4.78 is 25.0. The zero-order chi connectivity index (χ0) is 10.7. The summed E-state index contributed by atoms with van der Waals surface area (Å²) in [6, 6.07) is 4.64. The van der Waals surface area contributed by atoms with Gasteiger partial charge in [0.15, 0.2) is 0 Å². The lowest BCUT2D eigenvalue weighted by Crippen LogP contribution is -2.20. The van der Waals surface area contributed by atoms with Crippen molar-refractivity contribution in [2.24, 2.45) is 5.73 Å². The number of hydrogen-bond acceptors (Lipinski definition) is 1. The summed E-state index contributed by atoms with van der Waals surface area (Å²) in [7, 11) is 0. The van der Waals surface area contributed by atoms with Crippen LogP contribution in [-0.2, 0) is 0 Å². The molecule has 0 saturated carbocycles. The van der Waals surface area contributed by atoms with E-state index in [0.29, 0.717) is 5.56 Å². The molecule has 0 aliphatic heterocycles. The van der Waals surface area contributed by atoms with Crippen molar-refractivity contribution in [1.82, 2.24) is 0 Å². The van der Waals surface area contributed by atoms with Crippen molar-refractivity contribution in [3.8, 4) is 0 Å². The molecule has 1 unspecified atom stereocenters. The van der Waals surface area contributed by atoms with Crippen molar-refractivity contribution in [1.29, 1.82) is 0 Å². The molecule has 1 rings (SSSR count).